The second-order valence-corrected chi connectivity index (χ2v) is 5.96. The van der Waals surface area contributed by atoms with Crippen LogP contribution in [-0.4, -0.2) is 6.29 Å². The van der Waals surface area contributed by atoms with Crippen LogP contribution in [-0.2, 0) is 0 Å². The van der Waals surface area contributed by atoms with Gasteiger partial charge in [0.05, 0.1) is 0 Å². The van der Waals surface area contributed by atoms with Gasteiger partial charge in [0, 0.05) is 11.0 Å². The molecule has 0 fully saturated rings. The third kappa shape index (κ3) is 3.47. The summed E-state index contributed by atoms with van der Waals surface area (Å²) in [5.74, 6) is 0.777. The van der Waals surface area contributed by atoms with Crippen LogP contribution in [0.2, 0.25) is 0 Å². The summed E-state index contributed by atoms with van der Waals surface area (Å²) in [6, 6.07) is 17.4. The molecule has 0 saturated heterocycles. The van der Waals surface area contributed by atoms with Crippen molar-refractivity contribution in [1.82, 2.24) is 0 Å². The van der Waals surface area contributed by atoms with Crippen molar-refractivity contribution in [3.63, 3.8) is 0 Å². The second kappa shape index (κ2) is 5.91. The molecule has 0 saturated carbocycles. The average Bonchev–Trinajstić information content (AvgIpc) is 2.45. The SMILES string of the molecule is CC(C)(C)C(Oc1ccc(C=O)cc1)c1ccccc1. The molecule has 1 atom stereocenters. The van der Waals surface area contributed by atoms with Crippen LogP contribution in [0.3, 0.4) is 0 Å². The highest BCUT2D eigenvalue weighted by molar-refractivity contribution is 5.74. The topological polar surface area (TPSA) is 26.3 Å². The molecule has 0 N–H and O–H groups in total. The molecule has 2 rings (SSSR count). The summed E-state index contributed by atoms with van der Waals surface area (Å²) in [5.41, 5.74) is 1.79. The van der Waals surface area contributed by atoms with Gasteiger partial charge in [0.1, 0.15) is 18.1 Å². The number of hydrogen-bond acceptors (Lipinski definition) is 2. The highest BCUT2D eigenvalue weighted by atomic mass is 16.5. The minimum absolute atomic E-state index is 0.0231. The van der Waals surface area contributed by atoms with Crippen LogP contribution >= 0.6 is 0 Å². The maximum Gasteiger partial charge on any atom is 0.150 e. The molecule has 0 heterocycles. The summed E-state index contributed by atoms with van der Waals surface area (Å²) >= 11 is 0. The normalized spacial score (nSPS) is 12.8. The smallest absolute Gasteiger partial charge is 0.150 e. The Morgan fingerprint density at radius 3 is 2.05 bits per heavy atom. The molecule has 0 spiro atoms. The van der Waals surface area contributed by atoms with E-state index in [4.69, 9.17) is 4.74 Å². The molecule has 2 aromatic rings. The van der Waals surface area contributed by atoms with Crippen molar-refractivity contribution < 1.29 is 9.53 Å². The summed E-state index contributed by atoms with van der Waals surface area (Å²) in [6.45, 7) is 6.47. The molecule has 0 bridgehead atoms. The molecule has 0 aliphatic rings. The number of rotatable bonds is 4. The zero-order valence-corrected chi connectivity index (χ0v) is 12.2. The lowest BCUT2D eigenvalue weighted by Crippen LogP contribution is -2.23. The fraction of sp³-hybridized carbons (Fsp3) is 0.278. The van der Waals surface area contributed by atoms with Crippen molar-refractivity contribution >= 4 is 6.29 Å². The van der Waals surface area contributed by atoms with Crippen LogP contribution in [0.5, 0.6) is 5.75 Å². The molecule has 0 amide bonds. The fourth-order valence-electron chi connectivity index (χ4n) is 2.13. The standard InChI is InChI=1S/C18H20O2/c1-18(2,3)17(15-7-5-4-6-8-15)20-16-11-9-14(13-19)10-12-16/h4-13,17H,1-3H3. The molecular weight excluding hydrogens is 248 g/mol. The Morgan fingerprint density at radius 2 is 1.55 bits per heavy atom. The van der Waals surface area contributed by atoms with E-state index in [9.17, 15) is 4.79 Å². The lowest BCUT2D eigenvalue weighted by atomic mass is 9.84. The van der Waals surface area contributed by atoms with E-state index in [0.717, 1.165) is 17.6 Å². The summed E-state index contributed by atoms with van der Waals surface area (Å²) in [7, 11) is 0. The molecule has 0 aromatic heterocycles. The summed E-state index contributed by atoms with van der Waals surface area (Å²) in [5, 5.41) is 0. The van der Waals surface area contributed by atoms with Gasteiger partial charge in [-0.1, -0.05) is 51.1 Å². The maximum atomic E-state index is 10.7. The first kappa shape index (κ1) is 14.3. The average molecular weight is 268 g/mol. The number of carbonyl (C=O) groups excluding carboxylic acids is 1. The monoisotopic (exact) mass is 268 g/mol. The van der Waals surface area contributed by atoms with Crippen molar-refractivity contribution in [2.75, 3.05) is 0 Å². The molecule has 0 aliphatic heterocycles. The van der Waals surface area contributed by atoms with E-state index in [1.165, 1.54) is 0 Å². The quantitative estimate of drug-likeness (QED) is 0.753. The van der Waals surface area contributed by atoms with E-state index in [1.54, 1.807) is 12.1 Å². The molecule has 1 unspecified atom stereocenters. The maximum absolute atomic E-state index is 10.7. The van der Waals surface area contributed by atoms with Gasteiger partial charge in [0.15, 0.2) is 0 Å². The highest BCUT2D eigenvalue weighted by Crippen LogP contribution is 2.36. The fourth-order valence-corrected chi connectivity index (χ4v) is 2.13. The van der Waals surface area contributed by atoms with E-state index in [-0.39, 0.29) is 11.5 Å². The Bertz CT molecular complexity index is 550. The first-order chi connectivity index (χ1) is 9.50. The Morgan fingerprint density at radius 1 is 0.950 bits per heavy atom. The third-order valence-corrected chi connectivity index (χ3v) is 3.16. The zero-order valence-electron chi connectivity index (χ0n) is 12.2. The number of carbonyl (C=O) groups is 1. The Labute approximate surface area is 120 Å². The van der Waals surface area contributed by atoms with Crippen molar-refractivity contribution in [3.8, 4) is 5.75 Å². The van der Waals surface area contributed by atoms with Crippen molar-refractivity contribution in [1.29, 1.82) is 0 Å². The van der Waals surface area contributed by atoms with Gasteiger partial charge in [0.25, 0.3) is 0 Å². The highest BCUT2D eigenvalue weighted by Gasteiger charge is 2.28. The second-order valence-electron chi connectivity index (χ2n) is 5.96. The van der Waals surface area contributed by atoms with Crippen molar-refractivity contribution in [3.05, 3.63) is 65.7 Å². The minimum Gasteiger partial charge on any atom is -0.485 e. The van der Waals surface area contributed by atoms with Crippen LogP contribution < -0.4 is 4.74 Å². The van der Waals surface area contributed by atoms with E-state index < -0.39 is 0 Å². The van der Waals surface area contributed by atoms with Gasteiger partial charge in [0.2, 0.25) is 0 Å². The number of aldehydes is 1. The van der Waals surface area contributed by atoms with Gasteiger partial charge < -0.3 is 4.74 Å². The van der Waals surface area contributed by atoms with E-state index in [0.29, 0.717) is 5.56 Å². The largest absolute Gasteiger partial charge is 0.485 e. The van der Waals surface area contributed by atoms with Crippen LogP contribution in [0, 0.1) is 5.41 Å². The minimum atomic E-state index is -0.0363. The first-order valence-corrected chi connectivity index (χ1v) is 6.77. The van der Waals surface area contributed by atoms with E-state index in [2.05, 4.69) is 32.9 Å². The van der Waals surface area contributed by atoms with Crippen LogP contribution in [0.4, 0.5) is 0 Å². The molecule has 104 valence electrons. The molecule has 2 aromatic carbocycles. The molecule has 20 heavy (non-hydrogen) atoms. The van der Waals surface area contributed by atoms with Crippen molar-refractivity contribution in [2.45, 2.75) is 26.9 Å². The Kier molecular flexibility index (Phi) is 4.23. The summed E-state index contributed by atoms with van der Waals surface area (Å²) in [4.78, 5) is 10.7. The number of hydrogen-bond donors (Lipinski definition) is 0. The van der Waals surface area contributed by atoms with Gasteiger partial charge in [-0.3, -0.25) is 4.79 Å². The molecule has 2 nitrogen and oxygen atoms in total. The van der Waals surface area contributed by atoms with Crippen LogP contribution in [0.1, 0.15) is 42.8 Å². The lowest BCUT2D eigenvalue weighted by Gasteiger charge is -2.31. The van der Waals surface area contributed by atoms with Gasteiger partial charge in [-0.05, 0) is 29.8 Å². The Balaban J connectivity index is 2.26. The van der Waals surface area contributed by atoms with Crippen LogP contribution in [0.25, 0.3) is 0 Å². The molecule has 2 heteroatoms. The van der Waals surface area contributed by atoms with E-state index in [1.807, 2.05) is 30.3 Å². The molecule has 0 radical (unpaired) electrons. The van der Waals surface area contributed by atoms with Gasteiger partial charge in [-0.25, -0.2) is 0 Å². The first-order valence-electron chi connectivity index (χ1n) is 6.77. The number of benzene rings is 2. The van der Waals surface area contributed by atoms with Crippen LogP contribution in [0.15, 0.2) is 54.6 Å². The zero-order chi connectivity index (χ0) is 14.6. The molecule has 0 aliphatic carbocycles. The van der Waals surface area contributed by atoms with Gasteiger partial charge in [-0.15, -0.1) is 0 Å². The summed E-state index contributed by atoms with van der Waals surface area (Å²) < 4.78 is 6.15. The Hall–Kier alpha value is -2.09. The lowest BCUT2D eigenvalue weighted by molar-refractivity contribution is 0.0868. The summed E-state index contributed by atoms with van der Waals surface area (Å²) in [6.07, 6.45) is 0.799. The predicted molar refractivity (Wildman–Crippen MR) is 81.1 cm³/mol. The number of ether oxygens (including phenoxy) is 1. The molecular formula is C18H20O2. The predicted octanol–water partition coefficient (Wildman–Crippen LogP) is 4.67. The van der Waals surface area contributed by atoms with Gasteiger partial charge >= 0.3 is 0 Å². The van der Waals surface area contributed by atoms with Gasteiger partial charge in [-0.2, -0.15) is 0 Å². The van der Waals surface area contributed by atoms with Crippen molar-refractivity contribution in [2.24, 2.45) is 5.41 Å². The van der Waals surface area contributed by atoms with E-state index >= 15 is 0 Å². The third-order valence-electron chi connectivity index (χ3n) is 3.16.